The molecule has 0 radical (unpaired) electrons. The molecular formula is C25H26ClF4N3O3. The molecule has 2 aromatic carbocycles. The van der Waals surface area contributed by atoms with Crippen molar-refractivity contribution < 1.29 is 31.9 Å². The zero-order valence-electron chi connectivity index (χ0n) is 19.9. The van der Waals surface area contributed by atoms with Crippen LogP contribution in [0, 0.1) is 18.7 Å². The summed E-state index contributed by atoms with van der Waals surface area (Å²) in [5.74, 6) is -4.11. The summed E-state index contributed by atoms with van der Waals surface area (Å²) in [7, 11) is 1.48. The van der Waals surface area contributed by atoms with Crippen molar-refractivity contribution >= 4 is 29.3 Å². The number of rotatable bonds is 4. The number of carbonyl (C=O) groups is 3. The van der Waals surface area contributed by atoms with Gasteiger partial charge in [-0.25, -0.2) is 4.39 Å². The first kappa shape index (κ1) is 27.4. The van der Waals surface area contributed by atoms with Crippen molar-refractivity contribution in [1.29, 1.82) is 0 Å². The monoisotopic (exact) mass is 527 g/mol. The summed E-state index contributed by atoms with van der Waals surface area (Å²) in [5, 5.41) is -0.106. The topological polar surface area (TPSA) is 83.7 Å². The van der Waals surface area contributed by atoms with E-state index in [9.17, 15) is 31.9 Å². The first-order valence-corrected chi connectivity index (χ1v) is 11.6. The van der Waals surface area contributed by atoms with Crippen molar-refractivity contribution in [3.63, 3.8) is 0 Å². The van der Waals surface area contributed by atoms with Gasteiger partial charge in [0.05, 0.1) is 11.6 Å². The Morgan fingerprint density at radius 2 is 1.83 bits per heavy atom. The lowest BCUT2D eigenvalue weighted by atomic mass is 9.78. The molecule has 3 unspecified atom stereocenters. The molecule has 0 aromatic heterocycles. The summed E-state index contributed by atoms with van der Waals surface area (Å²) in [4.78, 5) is 40.0. The Morgan fingerprint density at radius 3 is 2.42 bits per heavy atom. The number of benzene rings is 2. The molecule has 1 aliphatic rings. The van der Waals surface area contributed by atoms with Gasteiger partial charge in [-0.05, 0) is 67.3 Å². The van der Waals surface area contributed by atoms with E-state index in [1.807, 2.05) is 0 Å². The van der Waals surface area contributed by atoms with E-state index in [1.54, 1.807) is 13.8 Å². The van der Waals surface area contributed by atoms with E-state index >= 15 is 0 Å². The van der Waals surface area contributed by atoms with Crippen LogP contribution in [-0.4, -0.2) is 47.7 Å². The smallest absolute Gasteiger partial charge is 0.361 e. The number of hydrogen-bond donors (Lipinski definition) is 1. The fourth-order valence-electron chi connectivity index (χ4n) is 4.65. The Balaban J connectivity index is 1.94. The van der Waals surface area contributed by atoms with E-state index in [1.165, 1.54) is 41.1 Å². The highest BCUT2D eigenvalue weighted by atomic mass is 35.5. The third-order valence-electron chi connectivity index (χ3n) is 6.72. The summed E-state index contributed by atoms with van der Waals surface area (Å²) >= 11 is 5.93. The van der Waals surface area contributed by atoms with Gasteiger partial charge in [-0.2, -0.15) is 13.2 Å². The Bertz CT molecular complexity index is 1190. The molecule has 2 N–H and O–H groups in total. The summed E-state index contributed by atoms with van der Waals surface area (Å²) in [6.07, 6.45) is -4.42. The highest BCUT2D eigenvalue weighted by Crippen LogP contribution is 2.38. The third-order valence-corrected chi connectivity index (χ3v) is 6.94. The predicted molar refractivity (Wildman–Crippen MR) is 125 cm³/mol. The second kappa shape index (κ2) is 10.5. The molecule has 0 spiro atoms. The number of hydrogen-bond acceptors (Lipinski definition) is 3. The number of alkyl halides is 3. The maximum absolute atomic E-state index is 13.8. The molecule has 0 aliphatic carbocycles. The van der Waals surface area contributed by atoms with Crippen LogP contribution in [0.2, 0.25) is 5.02 Å². The molecule has 0 bridgehead atoms. The number of primary amides is 1. The van der Waals surface area contributed by atoms with Gasteiger partial charge in [0.25, 0.3) is 0 Å². The molecule has 1 saturated heterocycles. The van der Waals surface area contributed by atoms with E-state index in [2.05, 4.69) is 0 Å². The Morgan fingerprint density at radius 1 is 1.17 bits per heavy atom. The molecule has 3 atom stereocenters. The molecule has 194 valence electrons. The second-order valence-corrected chi connectivity index (χ2v) is 9.45. The van der Waals surface area contributed by atoms with Gasteiger partial charge >= 0.3 is 18.0 Å². The van der Waals surface area contributed by atoms with Gasteiger partial charge in [-0.1, -0.05) is 17.7 Å². The van der Waals surface area contributed by atoms with E-state index in [-0.39, 0.29) is 36.0 Å². The van der Waals surface area contributed by atoms with Gasteiger partial charge in [0.15, 0.2) is 0 Å². The third kappa shape index (κ3) is 5.80. The highest BCUT2D eigenvalue weighted by Gasteiger charge is 2.40. The van der Waals surface area contributed by atoms with Crippen molar-refractivity contribution in [2.45, 2.75) is 38.4 Å². The molecule has 1 heterocycles. The van der Waals surface area contributed by atoms with Crippen LogP contribution in [-0.2, 0) is 20.6 Å². The minimum absolute atomic E-state index is 0.00224. The van der Waals surface area contributed by atoms with Crippen LogP contribution < -0.4 is 5.73 Å². The number of nitrogens with zero attached hydrogens (tertiary/aromatic N) is 2. The molecule has 0 saturated carbocycles. The van der Waals surface area contributed by atoms with Crippen LogP contribution in [0.15, 0.2) is 36.4 Å². The predicted octanol–water partition coefficient (Wildman–Crippen LogP) is 4.44. The van der Waals surface area contributed by atoms with Crippen LogP contribution in [0.3, 0.4) is 0 Å². The number of piperidine rings is 1. The maximum atomic E-state index is 13.8. The lowest BCUT2D eigenvalue weighted by molar-refractivity contribution is -0.147. The van der Waals surface area contributed by atoms with Crippen LogP contribution >= 0.6 is 11.6 Å². The van der Waals surface area contributed by atoms with Gasteiger partial charge < -0.3 is 15.5 Å². The van der Waals surface area contributed by atoms with Crippen LogP contribution in [0.4, 0.5) is 17.6 Å². The van der Waals surface area contributed by atoms with Crippen molar-refractivity contribution in [3.05, 3.63) is 69.5 Å². The van der Waals surface area contributed by atoms with Crippen LogP contribution in [0.25, 0.3) is 0 Å². The summed E-state index contributed by atoms with van der Waals surface area (Å²) in [6.45, 7) is 3.36. The Kier molecular flexibility index (Phi) is 7.97. The first-order chi connectivity index (χ1) is 16.7. The molecule has 11 heteroatoms. The Hall–Kier alpha value is -3.14. The van der Waals surface area contributed by atoms with Gasteiger partial charge in [0.1, 0.15) is 5.82 Å². The fourth-order valence-corrected chi connectivity index (χ4v) is 4.89. The van der Waals surface area contributed by atoms with Crippen molar-refractivity contribution in [1.82, 2.24) is 9.80 Å². The summed E-state index contributed by atoms with van der Waals surface area (Å²) in [6, 6.07) is 6.48. The van der Waals surface area contributed by atoms with Crippen molar-refractivity contribution in [2.75, 3.05) is 20.1 Å². The first-order valence-electron chi connectivity index (χ1n) is 11.2. The van der Waals surface area contributed by atoms with E-state index in [0.717, 1.165) is 12.1 Å². The molecule has 3 rings (SSSR count). The van der Waals surface area contributed by atoms with Gasteiger partial charge in [0, 0.05) is 37.0 Å². The lowest BCUT2D eigenvalue weighted by Gasteiger charge is -2.40. The standard InChI is InChI=1S/C25H26ClF4N3O3/c1-13-8-18(27)4-5-19(13)21-12-33(24(36)22(31)34)7-6-20(21)23(35)32(3)14(2)15-9-16(25(28,29)30)11-17(26)10-15/h4-5,8-11,14,20-21H,6-7,12H2,1-3H3,(H2,31,34). The van der Waals surface area contributed by atoms with Gasteiger partial charge in [0.2, 0.25) is 5.91 Å². The van der Waals surface area contributed by atoms with E-state index in [0.29, 0.717) is 11.1 Å². The zero-order chi connectivity index (χ0) is 26.9. The molecule has 36 heavy (non-hydrogen) atoms. The minimum Gasteiger partial charge on any atom is -0.361 e. The zero-order valence-corrected chi connectivity index (χ0v) is 20.7. The molecule has 3 amide bonds. The molecule has 2 aromatic rings. The number of halogens is 5. The Labute approximate surface area is 211 Å². The van der Waals surface area contributed by atoms with Crippen LogP contribution in [0.5, 0.6) is 0 Å². The normalized spacial score (nSPS) is 19.1. The average molecular weight is 528 g/mol. The molecule has 6 nitrogen and oxygen atoms in total. The summed E-state index contributed by atoms with van der Waals surface area (Å²) in [5.41, 5.74) is 5.63. The molecule has 1 aliphatic heterocycles. The molecule has 1 fully saturated rings. The molecular weight excluding hydrogens is 502 g/mol. The second-order valence-electron chi connectivity index (χ2n) is 9.01. The lowest BCUT2D eigenvalue weighted by Crippen LogP contribution is -2.50. The number of aryl methyl sites for hydroxylation is 1. The maximum Gasteiger partial charge on any atom is 0.416 e. The van der Waals surface area contributed by atoms with E-state index in [4.69, 9.17) is 17.3 Å². The number of carbonyl (C=O) groups excluding carboxylic acids is 3. The SMILES string of the molecule is Cc1cc(F)ccc1C1CN(C(=O)C(N)=O)CCC1C(=O)N(C)C(C)c1cc(Cl)cc(C(F)(F)F)c1. The number of likely N-dealkylation sites (tertiary alicyclic amines) is 1. The van der Waals surface area contributed by atoms with Crippen molar-refractivity contribution in [2.24, 2.45) is 11.7 Å². The highest BCUT2D eigenvalue weighted by molar-refractivity contribution is 6.34. The van der Waals surface area contributed by atoms with Gasteiger partial charge in [-0.15, -0.1) is 0 Å². The van der Waals surface area contributed by atoms with Gasteiger partial charge in [-0.3, -0.25) is 14.4 Å². The van der Waals surface area contributed by atoms with E-state index < -0.39 is 47.2 Å². The number of amides is 3. The van der Waals surface area contributed by atoms with Crippen molar-refractivity contribution in [3.8, 4) is 0 Å². The van der Waals surface area contributed by atoms with Crippen LogP contribution in [0.1, 0.15) is 47.6 Å². The average Bonchev–Trinajstić information content (AvgIpc) is 2.80. The quantitative estimate of drug-likeness (QED) is 0.471. The fraction of sp³-hybridized carbons (Fsp3) is 0.400. The minimum atomic E-state index is -4.60. The summed E-state index contributed by atoms with van der Waals surface area (Å²) < 4.78 is 53.6. The largest absolute Gasteiger partial charge is 0.416 e. The number of nitrogens with two attached hydrogens (primary N) is 1.